The van der Waals surface area contributed by atoms with Crippen LogP contribution in [0.1, 0.15) is 21.5 Å². The molecule has 0 atom stereocenters. The molecule has 0 saturated carbocycles. The lowest BCUT2D eigenvalue weighted by Gasteiger charge is -2.15. The summed E-state index contributed by atoms with van der Waals surface area (Å²) in [6.45, 7) is 1.49. The highest BCUT2D eigenvalue weighted by atomic mass is 19.4. The highest BCUT2D eigenvalue weighted by molar-refractivity contribution is 5.83. The third kappa shape index (κ3) is 2.85. The monoisotopic (exact) mass is 297 g/mol. The van der Waals surface area contributed by atoms with Gasteiger partial charge in [-0.05, 0) is 18.6 Å². The first-order chi connectivity index (χ1) is 9.90. The molecule has 21 heavy (non-hydrogen) atoms. The van der Waals surface area contributed by atoms with Crippen LogP contribution in [0.2, 0.25) is 0 Å². The van der Waals surface area contributed by atoms with Crippen molar-refractivity contribution < 1.29 is 23.1 Å². The third-order valence-electron chi connectivity index (χ3n) is 3.33. The number of carbonyl (C=O) groups is 1. The number of alkyl halides is 3. The molecule has 0 fully saturated rings. The lowest BCUT2D eigenvalue weighted by Crippen LogP contribution is -2.10. The molecule has 0 spiro atoms. The second-order valence-electron chi connectivity index (χ2n) is 4.64. The molecule has 0 aliphatic heterocycles. The number of aliphatic hydroxyl groups excluding tert-OH is 1. The largest absolute Gasteiger partial charge is 0.417 e. The normalized spacial score (nSPS) is 11.7. The van der Waals surface area contributed by atoms with E-state index in [0.29, 0.717) is 23.1 Å². The van der Waals surface area contributed by atoms with Crippen molar-refractivity contribution in [3.8, 4) is 11.3 Å². The van der Waals surface area contributed by atoms with Crippen LogP contribution in [0.3, 0.4) is 0 Å². The van der Waals surface area contributed by atoms with E-state index >= 15 is 0 Å². The van der Waals surface area contributed by atoms with Crippen LogP contribution in [0.5, 0.6) is 0 Å². The topological polar surface area (TPSA) is 42.2 Å². The fraction of sp³-hybridized carbons (Fsp3) is 0.267. The molecule has 0 aliphatic rings. The Bertz CT molecular complexity index is 659. The number of hydrogen-bond acceptors (Lipinski definition) is 2. The van der Waals surface area contributed by atoms with Gasteiger partial charge in [-0.1, -0.05) is 18.2 Å². The van der Waals surface area contributed by atoms with Crippen molar-refractivity contribution in [3.63, 3.8) is 0 Å². The Morgan fingerprint density at radius 1 is 1.29 bits per heavy atom. The molecule has 3 nitrogen and oxygen atoms in total. The summed E-state index contributed by atoms with van der Waals surface area (Å²) in [6.07, 6.45) is -2.43. The van der Waals surface area contributed by atoms with Gasteiger partial charge in [0.1, 0.15) is 0 Å². The van der Waals surface area contributed by atoms with Crippen LogP contribution in [0.15, 0.2) is 30.5 Å². The first-order valence-electron chi connectivity index (χ1n) is 6.32. The van der Waals surface area contributed by atoms with Gasteiger partial charge < -0.3 is 9.67 Å². The van der Waals surface area contributed by atoms with E-state index in [9.17, 15) is 18.0 Å². The molecule has 6 heteroatoms. The van der Waals surface area contributed by atoms with E-state index in [4.69, 9.17) is 5.11 Å². The van der Waals surface area contributed by atoms with Crippen LogP contribution < -0.4 is 0 Å². The maximum Gasteiger partial charge on any atom is 0.417 e. The third-order valence-corrected chi connectivity index (χ3v) is 3.33. The fourth-order valence-electron chi connectivity index (χ4n) is 2.38. The molecule has 2 rings (SSSR count). The van der Waals surface area contributed by atoms with Crippen LogP contribution >= 0.6 is 0 Å². The number of benzene rings is 1. The van der Waals surface area contributed by atoms with Gasteiger partial charge in [0.2, 0.25) is 0 Å². The van der Waals surface area contributed by atoms with Crippen molar-refractivity contribution >= 4 is 6.29 Å². The van der Waals surface area contributed by atoms with E-state index in [-0.39, 0.29) is 18.7 Å². The molecule has 1 aromatic heterocycles. The summed E-state index contributed by atoms with van der Waals surface area (Å²) in [7, 11) is 0. The summed E-state index contributed by atoms with van der Waals surface area (Å²) in [5.41, 5.74) is 0.330. The summed E-state index contributed by atoms with van der Waals surface area (Å²) in [5.74, 6) is 0. The minimum Gasteiger partial charge on any atom is -0.395 e. The van der Waals surface area contributed by atoms with Gasteiger partial charge in [-0.15, -0.1) is 0 Å². The first-order valence-corrected chi connectivity index (χ1v) is 6.32. The zero-order valence-electron chi connectivity index (χ0n) is 11.3. The summed E-state index contributed by atoms with van der Waals surface area (Å²) in [6, 6.07) is 5.21. The zero-order chi connectivity index (χ0) is 15.6. The van der Waals surface area contributed by atoms with Crippen LogP contribution in [0.25, 0.3) is 11.3 Å². The van der Waals surface area contributed by atoms with E-state index in [2.05, 4.69) is 0 Å². The van der Waals surface area contributed by atoms with Crippen molar-refractivity contribution in [2.45, 2.75) is 19.6 Å². The maximum atomic E-state index is 13.1. The number of carbonyl (C=O) groups excluding carboxylic acids is 1. The quantitative estimate of drug-likeness (QED) is 0.880. The van der Waals surface area contributed by atoms with Crippen LogP contribution in [0.4, 0.5) is 13.2 Å². The van der Waals surface area contributed by atoms with E-state index < -0.39 is 11.7 Å². The van der Waals surface area contributed by atoms with E-state index in [1.165, 1.54) is 29.0 Å². The number of rotatable bonds is 4. The highest BCUT2D eigenvalue weighted by Crippen LogP contribution is 2.38. The number of nitrogens with zero attached hydrogens (tertiary/aromatic N) is 1. The molecule has 0 unspecified atom stereocenters. The summed E-state index contributed by atoms with van der Waals surface area (Å²) < 4.78 is 40.9. The Morgan fingerprint density at radius 2 is 1.95 bits per heavy atom. The molecule has 0 amide bonds. The Morgan fingerprint density at radius 3 is 2.52 bits per heavy atom. The summed E-state index contributed by atoms with van der Waals surface area (Å²) in [4.78, 5) is 11.0. The Kier molecular flexibility index (Phi) is 4.18. The molecule has 1 heterocycles. The van der Waals surface area contributed by atoms with Crippen molar-refractivity contribution in [1.82, 2.24) is 4.57 Å². The van der Waals surface area contributed by atoms with Crippen LogP contribution in [-0.2, 0) is 12.7 Å². The number of aromatic nitrogens is 1. The van der Waals surface area contributed by atoms with Gasteiger partial charge in [-0.25, -0.2) is 0 Å². The molecule has 1 aromatic carbocycles. The average Bonchev–Trinajstić information content (AvgIpc) is 2.74. The van der Waals surface area contributed by atoms with Crippen molar-refractivity contribution in [2.75, 3.05) is 6.61 Å². The SMILES string of the molecule is Cc1c(C=O)cn(CCO)c1-c1ccccc1C(F)(F)F. The Labute approximate surface area is 119 Å². The Balaban J connectivity index is 2.72. The second-order valence-corrected chi connectivity index (χ2v) is 4.64. The second kappa shape index (κ2) is 5.73. The molecule has 0 saturated heterocycles. The van der Waals surface area contributed by atoms with E-state index in [1.807, 2.05) is 0 Å². The zero-order valence-corrected chi connectivity index (χ0v) is 11.3. The number of aldehydes is 1. The lowest BCUT2D eigenvalue weighted by molar-refractivity contribution is -0.137. The molecule has 0 radical (unpaired) electrons. The molecule has 1 N–H and O–H groups in total. The lowest BCUT2D eigenvalue weighted by atomic mass is 10.0. The number of hydrogen-bond donors (Lipinski definition) is 1. The maximum absolute atomic E-state index is 13.1. The van der Waals surface area contributed by atoms with Gasteiger partial charge in [-0.2, -0.15) is 13.2 Å². The van der Waals surface area contributed by atoms with Crippen molar-refractivity contribution in [1.29, 1.82) is 0 Å². The van der Waals surface area contributed by atoms with Gasteiger partial charge in [0.15, 0.2) is 6.29 Å². The molecular weight excluding hydrogens is 283 g/mol. The molecule has 2 aromatic rings. The van der Waals surface area contributed by atoms with Gasteiger partial charge in [0.05, 0.1) is 17.9 Å². The van der Waals surface area contributed by atoms with Gasteiger partial charge >= 0.3 is 6.18 Å². The Hall–Kier alpha value is -2.08. The average molecular weight is 297 g/mol. The van der Waals surface area contributed by atoms with E-state index in [0.717, 1.165) is 6.07 Å². The first kappa shape index (κ1) is 15.3. The van der Waals surface area contributed by atoms with Crippen molar-refractivity contribution in [3.05, 3.63) is 47.2 Å². The molecule has 0 bridgehead atoms. The summed E-state index contributed by atoms with van der Waals surface area (Å²) in [5, 5.41) is 9.06. The van der Waals surface area contributed by atoms with Gasteiger partial charge in [0, 0.05) is 23.9 Å². The minimum absolute atomic E-state index is 0.00375. The van der Waals surface area contributed by atoms with Crippen molar-refractivity contribution in [2.24, 2.45) is 0 Å². The standard InChI is InChI=1S/C15H14F3NO2/c1-10-11(9-21)8-19(6-7-20)14(10)12-4-2-3-5-13(12)15(16,17)18/h2-5,8-9,20H,6-7H2,1H3. The van der Waals surface area contributed by atoms with Gasteiger partial charge in [-0.3, -0.25) is 4.79 Å². The highest BCUT2D eigenvalue weighted by Gasteiger charge is 2.34. The predicted molar refractivity (Wildman–Crippen MR) is 72.1 cm³/mol. The fourth-order valence-corrected chi connectivity index (χ4v) is 2.38. The van der Waals surface area contributed by atoms with Gasteiger partial charge in [0.25, 0.3) is 0 Å². The van der Waals surface area contributed by atoms with Crippen LogP contribution in [-0.4, -0.2) is 22.6 Å². The van der Waals surface area contributed by atoms with Crippen LogP contribution in [0, 0.1) is 6.92 Å². The minimum atomic E-state index is -4.49. The number of halogens is 3. The predicted octanol–water partition coefficient (Wildman–Crippen LogP) is 3.29. The molecule has 0 aliphatic carbocycles. The number of aliphatic hydroxyl groups is 1. The molecular formula is C15H14F3NO2. The molecule has 112 valence electrons. The van der Waals surface area contributed by atoms with E-state index in [1.54, 1.807) is 6.92 Å². The smallest absolute Gasteiger partial charge is 0.395 e. The summed E-state index contributed by atoms with van der Waals surface area (Å²) >= 11 is 0.